The van der Waals surface area contributed by atoms with Crippen LogP contribution in [0.4, 0.5) is 11.8 Å². The monoisotopic (exact) mass is 547 g/mol. The number of ether oxygens (including phenoxy) is 1. The van der Waals surface area contributed by atoms with E-state index in [2.05, 4.69) is 69.8 Å². The minimum Gasteiger partial charge on any atom is -0.497 e. The van der Waals surface area contributed by atoms with Crippen LogP contribution in [0.15, 0.2) is 48.5 Å². The Labute approximate surface area is 238 Å². The van der Waals surface area contributed by atoms with Crippen molar-refractivity contribution in [1.82, 2.24) is 15.3 Å². The van der Waals surface area contributed by atoms with Crippen LogP contribution in [0.2, 0.25) is 0 Å². The SMILES string of the molecule is COc1ccc(CSC2(CCNC3CCC(Nc4nc(N(C)C)c5ccccc5n4)CC3)CCCCC2)cc1. The normalized spacial score (nSPS) is 21.0. The van der Waals surface area contributed by atoms with Crippen molar-refractivity contribution in [3.63, 3.8) is 0 Å². The maximum Gasteiger partial charge on any atom is 0.225 e. The average molecular weight is 548 g/mol. The zero-order chi connectivity index (χ0) is 27.1. The minimum atomic E-state index is 0.418. The summed E-state index contributed by atoms with van der Waals surface area (Å²) >= 11 is 2.20. The Bertz CT molecular complexity index is 1190. The maximum atomic E-state index is 5.33. The molecule has 0 amide bonds. The molecule has 0 aliphatic heterocycles. The molecule has 0 atom stereocenters. The molecule has 0 spiro atoms. The standard InChI is InChI=1S/C32H45N5OS/c1-37(2)30-28-9-5-6-10-29(28)35-31(36-30)34-26-15-13-25(14-16-26)33-22-21-32(19-7-4-8-20-32)39-23-24-11-17-27(38-3)18-12-24/h5-6,9-12,17-18,25-26,33H,4,7-8,13-16,19-23H2,1-3H3,(H,34,35,36). The van der Waals surface area contributed by atoms with Crippen molar-refractivity contribution < 1.29 is 4.74 Å². The lowest BCUT2D eigenvalue weighted by molar-refractivity contribution is 0.326. The Morgan fingerprint density at radius 1 is 0.923 bits per heavy atom. The lowest BCUT2D eigenvalue weighted by Crippen LogP contribution is -2.40. The maximum absolute atomic E-state index is 5.33. The van der Waals surface area contributed by atoms with Gasteiger partial charge in [-0.05, 0) is 81.3 Å². The fourth-order valence-electron chi connectivity index (χ4n) is 6.21. The second-order valence-corrected chi connectivity index (χ2v) is 13.0. The zero-order valence-electron chi connectivity index (χ0n) is 23.9. The molecule has 2 fully saturated rings. The van der Waals surface area contributed by atoms with Gasteiger partial charge in [-0.2, -0.15) is 16.7 Å². The predicted molar refractivity (Wildman–Crippen MR) is 166 cm³/mol. The summed E-state index contributed by atoms with van der Waals surface area (Å²) in [6.07, 6.45) is 12.8. The first-order valence-electron chi connectivity index (χ1n) is 14.7. The van der Waals surface area contributed by atoms with Gasteiger partial charge >= 0.3 is 0 Å². The Morgan fingerprint density at radius 3 is 2.36 bits per heavy atom. The molecule has 1 heterocycles. The van der Waals surface area contributed by atoms with E-state index in [1.807, 2.05) is 20.2 Å². The Kier molecular flexibility index (Phi) is 9.51. The molecule has 6 nitrogen and oxygen atoms in total. The molecule has 210 valence electrons. The highest BCUT2D eigenvalue weighted by molar-refractivity contribution is 7.99. The summed E-state index contributed by atoms with van der Waals surface area (Å²) in [6, 6.07) is 17.9. The van der Waals surface area contributed by atoms with Crippen LogP contribution in [0.1, 0.15) is 69.8 Å². The number of hydrogen-bond acceptors (Lipinski definition) is 7. The number of aromatic nitrogens is 2. The molecule has 5 rings (SSSR count). The molecule has 2 aliphatic carbocycles. The summed E-state index contributed by atoms with van der Waals surface area (Å²) in [5.41, 5.74) is 2.40. The van der Waals surface area contributed by atoms with Crippen LogP contribution < -0.4 is 20.3 Å². The van der Waals surface area contributed by atoms with E-state index >= 15 is 0 Å². The Balaban J connectivity index is 1.10. The number of methoxy groups -OCH3 is 1. The van der Waals surface area contributed by atoms with Crippen molar-refractivity contribution >= 4 is 34.4 Å². The van der Waals surface area contributed by atoms with Crippen molar-refractivity contribution in [2.45, 2.75) is 86.8 Å². The highest BCUT2D eigenvalue weighted by Gasteiger charge is 2.32. The fourth-order valence-corrected chi connectivity index (χ4v) is 7.70. The first-order chi connectivity index (χ1) is 19.0. The summed E-state index contributed by atoms with van der Waals surface area (Å²) in [4.78, 5) is 11.7. The largest absolute Gasteiger partial charge is 0.497 e. The highest BCUT2D eigenvalue weighted by Crippen LogP contribution is 2.44. The third kappa shape index (κ3) is 7.37. The molecule has 0 bridgehead atoms. The van der Waals surface area contributed by atoms with Crippen LogP contribution in [-0.2, 0) is 5.75 Å². The van der Waals surface area contributed by atoms with Gasteiger partial charge in [-0.3, -0.25) is 0 Å². The van der Waals surface area contributed by atoms with E-state index in [0.717, 1.165) is 53.6 Å². The van der Waals surface area contributed by atoms with E-state index < -0.39 is 0 Å². The number of rotatable bonds is 11. The van der Waals surface area contributed by atoms with Crippen LogP contribution in [0.5, 0.6) is 5.75 Å². The molecule has 2 aliphatic rings. The summed E-state index contributed by atoms with van der Waals surface area (Å²) in [5.74, 6) is 3.75. The summed E-state index contributed by atoms with van der Waals surface area (Å²) < 4.78 is 5.75. The van der Waals surface area contributed by atoms with Crippen molar-refractivity contribution in [3.8, 4) is 5.75 Å². The predicted octanol–water partition coefficient (Wildman–Crippen LogP) is 7.04. The summed E-state index contributed by atoms with van der Waals surface area (Å²) in [7, 11) is 5.83. The molecule has 39 heavy (non-hydrogen) atoms. The number of anilines is 2. The number of benzene rings is 2. The van der Waals surface area contributed by atoms with E-state index in [0.29, 0.717) is 16.8 Å². The smallest absolute Gasteiger partial charge is 0.225 e. The molecule has 2 N–H and O–H groups in total. The number of nitrogens with one attached hydrogen (secondary N) is 2. The molecular formula is C32H45N5OS. The van der Waals surface area contributed by atoms with E-state index in [1.165, 1.54) is 56.9 Å². The van der Waals surface area contributed by atoms with Crippen molar-refractivity contribution in [2.75, 3.05) is 38.0 Å². The van der Waals surface area contributed by atoms with Gasteiger partial charge < -0.3 is 20.3 Å². The Hall–Kier alpha value is -2.51. The van der Waals surface area contributed by atoms with Crippen LogP contribution in [0, 0.1) is 0 Å². The van der Waals surface area contributed by atoms with E-state index in [-0.39, 0.29) is 0 Å². The minimum absolute atomic E-state index is 0.418. The van der Waals surface area contributed by atoms with Crippen LogP contribution in [0.25, 0.3) is 10.9 Å². The number of nitrogens with zero attached hydrogens (tertiary/aromatic N) is 3. The van der Waals surface area contributed by atoms with Gasteiger partial charge in [0.2, 0.25) is 5.95 Å². The highest BCUT2D eigenvalue weighted by atomic mass is 32.2. The number of fused-ring (bicyclic) bond motifs is 1. The van der Waals surface area contributed by atoms with Crippen LogP contribution in [-0.4, -0.2) is 54.5 Å². The van der Waals surface area contributed by atoms with Crippen molar-refractivity contribution in [1.29, 1.82) is 0 Å². The average Bonchev–Trinajstić information content (AvgIpc) is 2.97. The number of hydrogen-bond donors (Lipinski definition) is 2. The van der Waals surface area contributed by atoms with E-state index in [1.54, 1.807) is 7.11 Å². The summed E-state index contributed by atoms with van der Waals surface area (Å²) in [6.45, 7) is 1.12. The van der Waals surface area contributed by atoms with Gasteiger partial charge in [0.25, 0.3) is 0 Å². The van der Waals surface area contributed by atoms with Gasteiger partial charge in [-0.15, -0.1) is 0 Å². The second kappa shape index (κ2) is 13.2. The van der Waals surface area contributed by atoms with E-state index in [9.17, 15) is 0 Å². The fraction of sp³-hybridized carbons (Fsp3) is 0.562. The molecule has 0 radical (unpaired) electrons. The first kappa shape index (κ1) is 28.0. The third-order valence-corrected chi connectivity index (χ3v) is 10.3. The zero-order valence-corrected chi connectivity index (χ0v) is 24.7. The Morgan fingerprint density at radius 2 is 1.64 bits per heavy atom. The van der Waals surface area contributed by atoms with Crippen molar-refractivity contribution in [3.05, 3.63) is 54.1 Å². The number of para-hydroxylation sites is 1. The molecule has 0 unspecified atom stereocenters. The van der Waals surface area contributed by atoms with E-state index in [4.69, 9.17) is 14.7 Å². The second-order valence-electron chi connectivity index (χ2n) is 11.6. The molecule has 0 saturated heterocycles. The van der Waals surface area contributed by atoms with Gasteiger partial charge in [0, 0.05) is 42.1 Å². The first-order valence-corrected chi connectivity index (χ1v) is 15.7. The molecule has 7 heteroatoms. The quantitative estimate of drug-likeness (QED) is 0.267. The number of thioether (sulfide) groups is 1. The van der Waals surface area contributed by atoms with Crippen molar-refractivity contribution in [2.24, 2.45) is 0 Å². The summed E-state index contributed by atoms with van der Waals surface area (Å²) in [5, 5.41) is 8.69. The van der Waals surface area contributed by atoms with Gasteiger partial charge in [0.05, 0.1) is 12.6 Å². The van der Waals surface area contributed by atoms with Gasteiger partial charge in [-0.1, -0.05) is 43.5 Å². The molecule has 2 aromatic carbocycles. The molecule has 3 aromatic rings. The van der Waals surface area contributed by atoms with Crippen LogP contribution >= 0.6 is 11.8 Å². The van der Waals surface area contributed by atoms with Gasteiger partial charge in [0.15, 0.2) is 0 Å². The lowest BCUT2D eigenvalue weighted by atomic mass is 9.85. The molecule has 2 saturated carbocycles. The van der Waals surface area contributed by atoms with Gasteiger partial charge in [-0.25, -0.2) is 4.98 Å². The molecule has 1 aromatic heterocycles. The topological polar surface area (TPSA) is 62.3 Å². The van der Waals surface area contributed by atoms with Gasteiger partial charge in [0.1, 0.15) is 11.6 Å². The third-order valence-electron chi connectivity index (χ3n) is 8.55. The van der Waals surface area contributed by atoms with Crippen LogP contribution in [0.3, 0.4) is 0 Å². The lowest BCUT2D eigenvalue weighted by Gasteiger charge is -2.38. The molecular weight excluding hydrogens is 502 g/mol.